The molecule has 0 amide bonds. The van der Waals surface area contributed by atoms with E-state index in [-0.39, 0.29) is 0 Å². The van der Waals surface area contributed by atoms with E-state index in [0.717, 1.165) is 24.7 Å². The lowest BCUT2D eigenvalue weighted by atomic mass is 10.1. The van der Waals surface area contributed by atoms with Gasteiger partial charge in [0.1, 0.15) is 0 Å². The third-order valence-corrected chi connectivity index (χ3v) is 3.86. The van der Waals surface area contributed by atoms with Gasteiger partial charge in [-0.15, -0.1) is 5.10 Å². The number of likely N-dealkylation sites (tertiary alicyclic amines) is 1. The fourth-order valence-electron chi connectivity index (χ4n) is 2.66. The molecular weight excluding hydrogens is 238 g/mol. The number of hydrogen-bond acceptors (Lipinski definition) is 4. The molecule has 1 aliphatic heterocycles. The Hall–Kier alpha value is -1.62. The molecule has 3 rings (SSSR count). The van der Waals surface area contributed by atoms with E-state index >= 15 is 0 Å². The zero-order chi connectivity index (χ0) is 13.2. The van der Waals surface area contributed by atoms with Crippen molar-refractivity contribution >= 4 is 11.6 Å². The van der Waals surface area contributed by atoms with Crippen LogP contribution in [0, 0.1) is 12.8 Å². The Morgan fingerprint density at radius 1 is 1.47 bits per heavy atom. The average molecular weight is 259 g/mol. The molecule has 0 saturated carbocycles. The second-order valence-electron chi connectivity index (χ2n) is 5.37. The summed E-state index contributed by atoms with van der Waals surface area (Å²) in [7, 11) is 0. The summed E-state index contributed by atoms with van der Waals surface area (Å²) in [5.74, 6) is 1.45. The van der Waals surface area contributed by atoms with Crippen LogP contribution in [0.3, 0.4) is 0 Å². The molecule has 0 radical (unpaired) electrons. The molecule has 0 bridgehead atoms. The van der Waals surface area contributed by atoms with Gasteiger partial charge in [0.15, 0.2) is 5.65 Å². The van der Waals surface area contributed by atoms with E-state index in [1.807, 2.05) is 22.8 Å². The molecule has 1 N–H and O–H groups in total. The fraction of sp³-hybridized carbons (Fsp3) is 0.571. The van der Waals surface area contributed by atoms with Gasteiger partial charge in [0.25, 0.3) is 0 Å². The summed E-state index contributed by atoms with van der Waals surface area (Å²) >= 11 is 0. The Morgan fingerprint density at radius 3 is 3.16 bits per heavy atom. The first kappa shape index (κ1) is 12.4. The lowest BCUT2D eigenvalue weighted by Crippen LogP contribution is -2.22. The molecule has 102 valence electrons. The number of nitrogens with one attached hydrogen (secondary N) is 1. The summed E-state index contributed by atoms with van der Waals surface area (Å²) in [5.41, 5.74) is 2.12. The highest BCUT2D eigenvalue weighted by atomic mass is 15.3. The van der Waals surface area contributed by atoms with Crippen LogP contribution in [0.15, 0.2) is 18.3 Å². The molecule has 5 heteroatoms. The summed E-state index contributed by atoms with van der Waals surface area (Å²) in [6, 6.07) is 4.09. The van der Waals surface area contributed by atoms with Crippen LogP contribution in [0.5, 0.6) is 0 Å². The second kappa shape index (κ2) is 5.17. The third-order valence-electron chi connectivity index (χ3n) is 3.86. The smallest absolute Gasteiger partial charge is 0.243 e. The Morgan fingerprint density at radius 2 is 2.37 bits per heavy atom. The van der Waals surface area contributed by atoms with Crippen molar-refractivity contribution in [1.29, 1.82) is 0 Å². The van der Waals surface area contributed by atoms with Crippen molar-refractivity contribution in [1.82, 2.24) is 19.5 Å². The van der Waals surface area contributed by atoms with Crippen molar-refractivity contribution in [3.05, 3.63) is 23.9 Å². The quantitative estimate of drug-likeness (QED) is 0.909. The van der Waals surface area contributed by atoms with E-state index in [2.05, 4.69) is 34.1 Å². The number of hydrogen-bond donors (Lipinski definition) is 1. The van der Waals surface area contributed by atoms with Crippen molar-refractivity contribution in [2.24, 2.45) is 5.92 Å². The number of aryl methyl sites for hydroxylation is 1. The molecule has 2 aromatic heterocycles. The van der Waals surface area contributed by atoms with Gasteiger partial charge in [-0.2, -0.15) is 4.98 Å². The van der Waals surface area contributed by atoms with Gasteiger partial charge in [-0.25, -0.2) is 4.52 Å². The molecule has 3 heterocycles. The maximum atomic E-state index is 4.50. The van der Waals surface area contributed by atoms with E-state index in [1.54, 1.807) is 0 Å². The predicted octanol–water partition coefficient (Wildman–Crippen LogP) is 1.79. The SMILES string of the molecule is CCN1CCC(CNc2nc3cc(C)ccn3n2)C1. The van der Waals surface area contributed by atoms with Crippen molar-refractivity contribution in [3.63, 3.8) is 0 Å². The minimum atomic E-state index is 0.716. The summed E-state index contributed by atoms with van der Waals surface area (Å²) < 4.78 is 1.82. The van der Waals surface area contributed by atoms with Crippen LogP contribution in [0.2, 0.25) is 0 Å². The van der Waals surface area contributed by atoms with E-state index < -0.39 is 0 Å². The summed E-state index contributed by atoms with van der Waals surface area (Å²) in [4.78, 5) is 6.99. The van der Waals surface area contributed by atoms with E-state index in [9.17, 15) is 0 Å². The van der Waals surface area contributed by atoms with Gasteiger partial charge in [-0.3, -0.25) is 0 Å². The van der Waals surface area contributed by atoms with Crippen LogP contribution >= 0.6 is 0 Å². The minimum absolute atomic E-state index is 0.716. The van der Waals surface area contributed by atoms with Crippen LogP contribution in [0.4, 0.5) is 5.95 Å². The molecule has 1 fully saturated rings. The van der Waals surface area contributed by atoms with Crippen LogP contribution < -0.4 is 5.32 Å². The Bertz CT molecular complexity index is 562. The monoisotopic (exact) mass is 259 g/mol. The number of rotatable bonds is 4. The molecule has 1 saturated heterocycles. The Kier molecular flexibility index (Phi) is 3.38. The highest BCUT2D eigenvalue weighted by Crippen LogP contribution is 2.16. The molecule has 0 spiro atoms. The topological polar surface area (TPSA) is 45.5 Å². The van der Waals surface area contributed by atoms with Crippen molar-refractivity contribution in [3.8, 4) is 0 Å². The molecule has 0 aliphatic carbocycles. The van der Waals surface area contributed by atoms with Crippen LogP contribution in [-0.4, -0.2) is 45.7 Å². The van der Waals surface area contributed by atoms with Crippen LogP contribution in [0.1, 0.15) is 18.9 Å². The standard InChI is InChI=1S/C14H21N5/c1-3-18-6-5-12(10-18)9-15-14-16-13-8-11(2)4-7-19(13)17-14/h4,7-8,12H,3,5-6,9-10H2,1-2H3,(H,15,17). The summed E-state index contributed by atoms with van der Waals surface area (Å²) in [6.45, 7) is 8.83. The van der Waals surface area contributed by atoms with Gasteiger partial charge in [-0.1, -0.05) is 6.92 Å². The minimum Gasteiger partial charge on any atom is -0.353 e. The van der Waals surface area contributed by atoms with Gasteiger partial charge in [0.2, 0.25) is 5.95 Å². The molecule has 1 atom stereocenters. The second-order valence-corrected chi connectivity index (χ2v) is 5.37. The molecule has 19 heavy (non-hydrogen) atoms. The number of fused-ring (bicyclic) bond motifs is 1. The van der Waals surface area contributed by atoms with Crippen molar-refractivity contribution in [2.45, 2.75) is 20.3 Å². The van der Waals surface area contributed by atoms with Gasteiger partial charge in [0, 0.05) is 19.3 Å². The van der Waals surface area contributed by atoms with Crippen LogP contribution in [-0.2, 0) is 0 Å². The average Bonchev–Trinajstić information content (AvgIpc) is 3.01. The van der Waals surface area contributed by atoms with Crippen molar-refractivity contribution < 1.29 is 0 Å². The first-order valence-electron chi connectivity index (χ1n) is 7.04. The number of aromatic nitrogens is 3. The predicted molar refractivity (Wildman–Crippen MR) is 76.4 cm³/mol. The zero-order valence-corrected chi connectivity index (χ0v) is 11.6. The highest BCUT2D eigenvalue weighted by Gasteiger charge is 2.21. The normalized spacial score (nSPS) is 20.2. The van der Waals surface area contributed by atoms with E-state index in [4.69, 9.17) is 0 Å². The molecule has 1 unspecified atom stereocenters. The molecule has 5 nitrogen and oxygen atoms in total. The maximum absolute atomic E-state index is 4.50. The number of pyridine rings is 1. The molecule has 1 aliphatic rings. The lowest BCUT2D eigenvalue weighted by Gasteiger charge is -2.12. The molecule has 2 aromatic rings. The van der Waals surface area contributed by atoms with E-state index in [0.29, 0.717) is 5.92 Å². The van der Waals surface area contributed by atoms with Gasteiger partial charge in [0.05, 0.1) is 0 Å². The zero-order valence-electron chi connectivity index (χ0n) is 11.6. The molecular formula is C14H21N5. The summed E-state index contributed by atoms with van der Waals surface area (Å²) in [6.07, 6.45) is 3.23. The first-order chi connectivity index (χ1) is 9.24. The lowest BCUT2D eigenvalue weighted by molar-refractivity contribution is 0.345. The highest BCUT2D eigenvalue weighted by molar-refractivity contribution is 5.45. The van der Waals surface area contributed by atoms with Crippen LogP contribution in [0.25, 0.3) is 5.65 Å². The Balaban J connectivity index is 1.62. The number of nitrogens with zero attached hydrogens (tertiary/aromatic N) is 4. The maximum Gasteiger partial charge on any atom is 0.243 e. The number of anilines is 1. The fourth-order valence-corrected chi connectivity index (χ4v) is 2.66. The van der Waals surface area contributed by atoms with E-state index in [1.165, 1.54) is 25.1 Å². The molecule has 0 aromatic carbocycles. The Labute approximate surface area is 113 Å². The largest absolute Gasteiger partial charge is 0.353 e. The van der Waals surface area contributed by atoms with Gasteiger partial charge < -0.3 is 10.2 Å². The van der Waals surface area contributed by atoms with Gasteiger partial charge >= 0.3 is 0 Å². The third kappa shape index (κ3) is 2.71. The summed E-state index contributed by atoms with van der Waals surface area (Å²) in [5, 5.41) is 7.81. The van der Waals surface area contributed by atoms with Crippen molar-refractivity contribution in [2.75, 3.05) is 31.5 Å². The first-order valence-corrected chi connectivity index (χ1v) is 7.04. The van der Waals surface area contributed by atoms with Gasteiger partial charge in [-0.05, 0) is 50.0 Å².